The molecule has 0 saturated heterocycles. The molecule has 2 atom stereocenters. The van der Waals surface area contributed by atoms with Crippen molar-refractivity contribution in [2.24, 2.45) is 5.92 Å². The predicted octanol–water partition coefficient (Wildman–Crippen LogP) is 4.51. The molecule has 1 aliphatic rings. The minimum atomic E-state index is -0.0365. The maximum atomic E-state index is 13.1. The number of aryl methyl sites for hydroxylation is 1. The number of aromatic nitrogens is 1. The Morgan fingerprint density at radius 3 is 2.74 bits per heavy atom. The van der Waals surface area contributed by atoms with Gasteiger partial charge in [-0.1, -0.05) is 18.2 Å². The molecular weight excluding hydrogens is 308 g/mol. The second kappa shape index (κ2) is 5.66. The minimum absolute atomic E-state index is 0.0365. The number of benzene rings is 1. The summed E-state index contributed by atoms with van der Waals surface area (Å²) in [6.07, 6.45) is 2.49. The molecule has 0 bridgehead atoms. The highest BCUT2D eigenvalue weighted by Crippen LogP contribution is 2.50. The van der Waals surface area contributed by atoms with Crippen molar-refractivity contribution >= 4 is 28.1 Å². The first-order valence-electron chi connectivity index (χ1n) is 7.58. The lowest BCUT2D eigenvalue weighted by molar-refractivity contribution is -0.119. The molecule has 4 rings (SSSR count). The van der Waals surface area contributed by atoms with E-state index in [2.05, 4.69) is 4.98 Å². The maximum absolute atomic E-state index is 13.1. The number of amides is 1. The monoisotopic (exact) mass is 324 g/mol. The van der Waals surface area contributed by atoms with Crippen molar-refractivity contribution in [1.82, 2.24) is 4.98 Å². The fourth-order valence-electron chi connectivity index (χ4n) is 2.80. The number of hydrogen-bond acceptors (Lipinski definition) is 4. The molecule has 1 fully saturated rings. The molecule has 116 valence electrons. The predicted molar refractivity (Wildman–Crippen MR) is 90.0 cm³/mol. The normalized spacial score (nSPS) is 19.5. The van der Waals surface area contributed by atoms with Gasteiger partial charge in [0, 0.05) is 17.2 Å². The number of para-hydroxylation sites is 1. The van der Waals surface area contributed by atoms with Crippen LogP contribution in [0, 0.1) is 12.8 Å². The smallest absolute Gasteiger partial charge is 0.237 e. The Morgan fingerprint density at radius 2 is 2.09 bits per heavy atom. The summed E-state index contributed by atoms with van der Waals surface area (Å²) in [7, 11) is 0. The van der Waals surface area contributed by atoms with E-state index in [1.165, 1.54) is 11.3 Å². The van der Waals surface area contributed by atoms with Crippen molar-refractivity contribution in [2.75, 3.05) is 4.90 Å². The minimum Gasteiger partial charge on any atom is -0.469 e. The average molecular weight is 324 g/mol. The molecule has 0 N–H and O–H groups in total. The van der Waals surface area contributed by atoms with Crippen LogP contribution in [-0.4, -0.2) is 10.9 Å². The zero-order valence-electron chi connectivity index (χ0n) is 12.7. The van der Waals surface area contributed by atoms with Crippen LogP contribution in [0.3, 0.4) is 0 Å². The van der Waals surface area contributed by atoms with Crippen LogP contribution in [0.4, 0.5) is 10.8 Å². The number of carbonyl (C=O) groups is 1. The third-order valence-electron chi connectivity index (χ3n) is 4.05. The van der Waals surface area contributed by atoms with Gasteiger partial charge in [-0.2, -0.15) is 0 Å². The zero-order valence-corrected chi connectivity index (χ0v) is 13.5. The van der Waals surface area contributed by atoms with Gasteiger partial charge < -0.3 is 4.42 Å². The SMILES string of the molecule is Cc1csc(N(C(=O)[C@@H]2C[C@H]2c2ccco2)c2ccccc2)n1. The number of hydrogen-bond donors (Lipinski definition) is 0. The van der Waals surface area contributed by atoms with Crippen LogP contribution in [-0.2, 0) is 4.79 Å². The first-order chi connectivity index (χ1) is 11.2. The number of thiazole rings is 1. The summed E-state index contributed by atoms with van der Waals surface area (Å²) < 4.78 is 5.45. The molecule has 0 aliphatic heterocycles. The van der Waals surface area contributed by atoms with Crippen LogP contribution in [0.2, 0.25) is 0 Å². The number of rotatable bonds is 4. The third kappa shape index (κ3) is 2.68. The molecule has 2 heterocycles. The second-order valence-electron chi connectivity index (χ2n) is 5.74. The second-order valence-corrected chi connectivity index (χ2v) is 6.58. The Bertz CT molecular complexity index is 811. The fourth-order valence-corrected chi connectivity index (χ4v) is 3.63. The average Bonchev–Trinajstić information content (AvgIpc) is 2.96. The lowest BCUT2D eigenvalue weighted by atomic mass is 10.2. The molecule has 3 aromatic rings. The van der Waals surface area contributed by atoms with Crippen LogP contribution in [0.1, 0.15) is 23.8 Å². The molecule has 0 radical (unpaired) electrons. The van der Waals surface area contributed by atoms with E-state index in [1.54, 1.807) is 11.2 Å². The van der Waals surface area contributed by atoms with Crippen molar-refractivity contribution in [1.29, 1.82) is 0 Å². The van der Waals surface area contributed by atoms with E-state index in [0.29, 0.717) is 0 Å². The Balaban J connectivity index is 1.65. The summed E-state index contributed by atoms with van der Waals surface area (Å²) in [5.74, 6) is 1.13. The topological polar surface area (TPSA) is 46.3 Å². The molecule has 2 aromatic heterocycles. The van der Waals surface area contributed by atoms with E-state index in [-0.39, 0.29) is 17.7 Å². The number of carbonyl (C=O) groups excluding carboxylic acids is 1. The van der Waals surface area contributed by atoms with Gasteiger partial charge in [0.2, 0.25) is 5.91 Å². The highest BCUT2D eigenvalue weighted by Gasteiger charge is 2.48. The summed E-state index contributed by atoms with van der Waals surface area (Å²) in [5.41, 5.74) is 1.79. The van der Waals surface area contributed by atoms with Crippen molar-refractivity contribution in [2.45, 2.75) is 19.3 Å². The molecular formula is C18H16N2O2S. The van der Waals surface area contributed by atoms with Gasteiger partial charge in [0.1, 0.15) is 5.76 Å². The molecule has 1 aromatic carbocycles. The van der Waals surface area contributed by atoms with Crippen LogP contribution in [0.25, 0.3) is 0 Å². The van der Waals surface area contributed by atoms with E-state index in [1.807, 2.05) is 54.8 Å². The standard InChI is InChI=1S/C18H16N2O2S/c1-12-11-23-18(19-12)20(13-6-3-2-4-7-13)17(21)15-10-14(15)16-8-5-9-22-16/h2-9,11,14-15H,10H2,1H3/t14-,15-/m1/s1. The Hall–Kier alpha value is -2.40. The largest absolute Gasteiger partial charge is 0.469 e. The van der Waals surface area contributed by atoms with Gasteiger partial charge in [-0.05, 0) is 37.6 Å². The van der Waals surface area contributed by atoms with Crippen LogP contribution in [0.15, 0.2) is 58.5 Å². The molecule has 1 saturated carbocycles. The fraction of sp³-hybridized carbons (Fsp3) is 0.222. The Kier molecular flexibility index (Phi) is 3.50. The Labute approximate surface area is 138 Å². The highest BCUT2D eigenvalue weighted by atomic mass is 32.1. The van der Waals surface area contributed by atoms with Gasteiger partial charge in [0.15, 0.2) is 5.13 Å². The lowest BCUT2D eigenvalue weighted by Gasteiger charge is -2.20. The molecule has 1 aliphatic carbocycles. The van der Waals surface area contributed by atoms with E-state index in [4.69, 9.17) is 4.42 Å². The summed E-state index contributed by atoms with van der Waals surface area (Å²) in [5, 5.41) is 2.69. The molecule has 1 amide bonds. The van der Waals surface area contributed by atoms with Crippen molar-refractivity contribution < 1.29 is 9.21 Å². The van der Waals surface area contributed by atoms with E-state index < -0.39 is 0 Å². The van der Waals surface area contributed by atoms with Gasteiger partial charge in [0.25, 0.3) is 0 Å². The molecule has 5 heteroatoms. The summed E-state index contributed by atoms with van der Waals surface area (Å²) >= 11 is 1.50. The molecule has 0 spiro atoms. The Morgan fingerprint density at radius 1 is 1.26 bits per heavy atom. The molecule has 23 heavy (non-hydrogen) atoms. The van der Waals surface area contributed by atoms with Gasteiger partial charge >= 0.3 is 0 Å². The van der Waals surface area contributed by atoms with Crippen LogP contribution >= 0.6 is 11.3 Å². The first-order valence-corrected chi connectivity index (χ1v) is 8.46. The van der Waals surface area contributed by atoms with E-state index >= 15 is 0 Å². The summed E-state index contributed by atoms with van der Waals surface area (Å²) in [6, 6.07) is 13.5. The number of anilines is 2. The first kappa shape index (κ1) is 14.2. The van der Waals surface area contributed by atoms with Gasteiger partial charge in [-0.3, -0.25) is 9.69 Å². The summed E-state index contributed by atoms with van der Waals surface area (Å²) in [4.78, 5) is 19.3. The van der Waals surface area contributed by atoms with Gasteiger partial charge in [0.05, 0.1) is 17.6 Å². The van der Waals surface area contributed by atoms with Gasteiger partial charge in [-0.15, -0.1) is 11.3 Å². The van der Waals surface area contributed by atoms with Crippen molar-refractivity contribution in [3.8, 4) is 0 Å². The van der Waals surface area contributed by atoms with Gasteiger partial charge in [-0.25, -0.2) is 4.98 Å². The lowest BCUT2D eigenvalue weighted by Crippen LogP contribution is -2.27. The number of furan rings is 1. The summed E-state index contributed by atoms with van der Waals surface area (Å²) in [6.45, 7) is 1.94. The van der Waals surface area contributed by atoms with Crippen molar-refractivity contribution in [3.63, 3.8) is 0 Å². The highest BCUT2D eigenvalue weighted by molar-refractivity contribution is 7.14. The quantitative estimate of drug-likeness (QED) is 0.709. The third-order valence-corrected chi connectivity index (χ3v) is 4.99. The zero-order chi connectivity index (χ0) is 15.8. The van der Waals surface area contributed by atoms with Crippen LogP contribution < -0.4 is 4.90 Å². The molecule has 4 nitrogen and oxygen atoms in total. The molecule has 0 unspecified atom stereocenters. The maximum Gasteiger partial charge on any atom is 0.237 e. The van der Waals surface area contributed by atoms with Crippen molar-refractivity contribution in [3.05, 3.63) is 65.6 Å². The number of nitrogens with zero attached hydrogens (tertiary/aromatic N) is 2. The van der Waals surface area contributed by atoms with E-state index in [0.717, 1.165) is 28.7 Å². The van der Waals surface area contributed by atoms with E-state index in [9.17, 15) is 4.79 Å². The van der Waals surface area contributed by atoms with Crippen LogP contribution in [0.5, 0.6) is 0 Å².